The molecule has 2 unspecified atom stereocenters. The van der Waals surface area contributed by atoms with E-state index >= 15 is 0 Å². The SMILES string of the molecule is CC(CC(=O)N(C)Cc1cnn(-c2ccccc2)c1)C1CCCNC1. The molecule has 5 heteroatoms. The molecule has 0 bridgehead atoms. The maximum atomic E-state index is 12.6. The number of amides is 1. The molecule has 1 aliphatic heterocycles. The van der Waals surface area contributed by atoms with E-state index in [1.807, 2.05) is 59.4 Å². The Hall–Kier alpha value is -2.14. The fraction of sp³-hybridized carbons (Fsp3) is 0.500. The minimum atomic E-state index is 0.213. The lowest BCUT2D eigenvalue weighted by Gasteiger charge is -2.29. The lowest BCUT2D eigenvalue weighted by Crippen LogP contribution is -2.36. The normalized spacial score (nSPS) is 18.7. The van der Waals surface area contributed by atoms with Gasteiger partial charge in [-0.2, -0.15) is 5.10 Å². The zero-order chi connectivity index (χ0) is 17.6. The molecule has 1 N–H and O–H groups in total. The molecule has 2 heterocycles. The Morgan fingerprint density at radius 1 is 1.40 bits per heavy atom. The zero-order valence-corrected chi connectivity index (χ0v) is 15.2. The van der Waals surface area contributed by atoms with E-state index in [9.17, 15) is 4.79 Å². The van der Waals surface area contributed by atoms with Crippen LogP contribution in [0.4, 0.5) is 0 Å². The van der Waals surface area contributed by atoms with E-state index in [2.05, 4.69) is 17.3 Å². The standard InChI is InChI=1S/C20H28N4O/c1-16(18-7-6-10-21-13-18)11-20(25)23(2)14-17-12-22-24(15-17)19-8-4-3-5-9-19/h3-5,8-9,12,15-16,18,21H,6-7,10-11,13-14H2,1-2H3. The molecule has 134 valence electrons. The molecule has 0 radical (unpaired) electrons. The van der Waals surface area contributed by atoms with Gasteiger partial charge >= 0.3 is 0 Å². The van der Waals surface area contributed by atoms with Gasteiger partial charge in [0, 0.05) is 31.8 Å². The molecular formula is C20H28N4O. The quantitative estimate of drug-likeness (QED) is 0.880. The highest BCUT2D eigenvalue weighted by Crippen LogP contribution is 2.23. The molecule has 1 aromatic heterocycles. The van der Waals surface area contributed by atoms with E-state index in [0.717, 1.165) is 24.3 Å². The Morgan fingerprint density at radius 3 is 2.92 bits per heavy atom. The first-order chi connectivity index (χ1) is 12.1. The number of piperidine rings is 1. The van der Waals surface area contributed by atoms with Crippen molar-refractivity contribution in [2.24, 2.45) is 11.8 Å². The van der Waals surface area contributed by atoms with Crippen molar-refractivity contribution in [1.82, 2.24) is 20.0 Å². The number of nitrogens with one attached hydrogen (secondary N) is 1. The third-order valence-electron chi connectivity index (χ3n) is 5.14. The first kappa shape index (κ1) is 17.7. The molecule has 1 fully saturated rings. The van der Waals surface area contributed by atoms with Crippen molar-refractivity contribution in [3.63, 3.8) is 0 Å². The number of aromatic nitrogens is 2. The summed E-state index contributed by atoms with van der Waals surface area (Å²) in [5.41, 5.74) is 2.08. The van der Waals surface area contributed by atoms with Crippen molar-refractivity contribution in [2.75, 3.05) is 20.1 Å². The summed E-state index contributed by atoms with van der Waals surface area (Å²) in [5, 5.41) is 7.84. The van der Waals surface area contributed by atoms with Crippen LogP contribution in [-0.4, -0.2) is 40.7 Å². The highest BCUT2D eigenvalue weighted by Gasteiger charge is 2.23. The van der Waals surface area contributed by atoms with Crippen LogP contribution in [0.1, 0.15) is 31.7 Å². The monoisotopic (exact) mass is 340 g/mol. The van der Waals surface area contributed by atoms with E-state index in [1.54, 1.807) is 0 Å². The third-order valence-corrected chi connectivity index (χ3v) is 5.14. The van der Waals surface area contributed by atoms with Gasteiger partial charge in [0.25, 0.3) is 0 Å². The van der Waals surface area contributed by atoms with E-state index in [1.165, 1.54) is 12.8 Å². The minimum absolute atomic E-state index is 0.213. The average molecular weight is 340 g/mol. The molecule has 1 aliphatic rings. The summed E-state index contributed by atoms with van der Waals surface area (Å²) in [5.74, 6) is 1.26. The van der Waals surface area contributed by atoms with Crippen molar-refractivity contribution >= 4 is 5.91 Å². The zero-order valence-electron chi connectivity index (χ0n) is 15.2. The van der Waals surface area contributed by atoms with Crippen molar-refractivity contribution in [3.8, 4) is 5.69 Å². The first-order valence-corrected chi connectivity index (χ1v) is 9.17. The smallest absolute Gasteiger partial charge is 0.222 e. The van der Waals surface area contributed by atoms with Crippen LogP contribution in [0.5, 0.6) is 0 Å². The molecule has 0 aliphatic carbocycles. The van der Waals surface area contributed by atoms with Gasteiger partial charge in [-0.25, -0.2) is 4.68 Å². The summed E-state index contributed by atoms with van der Waals surface area (Å²) in [4.78, 5) is 14.4. The number of carbonyl (C=O) groups is 1. The molecule has 1 saturated heterocycles. The molecule has 5 nitrogen and oxygen atoms in total. The molecule has 2 atom stereocenters. The fourth-order valence-corrected chi connectivity index (χ4v) is 3.49. The molecule has 2 aromatic rings. The van der Waals surface area contributed by atoms with Crippen LogP contribution in [0.2, 0.25) is 0 Å². The number of benzene rings is 1. The van der Waals surface area contributed by atoms with Gasteiger partial charge in [0.05, 0.1) is 11.9 Å². The molecule has 3 rings (SSSR count). The second-order valence-electron chi connectivity index (χ2n) is 7.17. The fourth-order valence-electron chi connectivity index (χ4n) is 3.49. The molecule has 0 saturated carbocycles. The summed E-state index contributed by atoms with van der Waals surface area (Å²) in [6.07, 6.45) is 6.90. The summed E-state index contributed by atoms with van der Waals surface area (Å²) in [6.45, 7) is 4.96. The molecule has 0 spiro atoms. The maximum Gasteiger partial charge on any atom is 0.222 e. The number of hydrogen-bond donors (Lipinski definition) is 1. The van der Waals surface area contributed by atoms with Crippen LogP contribution in [0.25, 0.3) is 5.69 Å². The summed E-state index contributed by atoms with van der Waals surface area (Å²) < 4.78 is 1.85. The number of hydrogen-bond acceptors (Lipinski definition) is 3. The number of para-hydroxylation sites is 1. The van der Waals surface area contributed by atoms with Crippen molar-refractivity contribution in [1.29, 1.82) is 0 Å². The second kappa shape index (κ2) is 8.30. The Labute approximate surface area is 150 Å². The maximum absolute atomic E-state index is 12.6. The summed E-state index contributed by atoms with van der Waals surface area (Å²) in [7, 11) is 1.88. The highest BCUT2D eigenvalue weighted by molar-refractivity contribution is 5.76. The van der Waals surface area contributed by atoms with Gasteiger partial charge in [-0.05, 0) is 49.9 Å². The van der Waals surface area contributed by atoms with Crippen molar-refractivity contribution in [3.05, 3.63) is 48.3 Å². The van der Waals surface area contributed by atoms with Gasteiger partial charge in [-0.1, -0.05) is 25.1 Å². The topological polar surface area (TPSA) is 50.2 Å². The lowest BCUT2D eigenvalue weighted by molar-refractivity contribution is -0.131. The van der Waals surface area contributed by atoms with Gasteiger partial charge in [0.2, 0.25) is 5.91 Å². The predicted molar refractivity (Wildman–Crippen MR) is 99.4 cm³/mol. The molecule has 1 amide bonds. The van der Waals surface area contributed by atoms with Gasteiger partial charge < -0.3 is 10.2 Å². The van der Waals surface area contributed by atoms with Crippen molar-refractivity contribution in [2.45, 2.75) is 32.7 Å². The van der Waals surface area contributed by atoms with Crippen LogP contribution in [-0.2, 0) is 11.3 Å². The predicted octanol–water partition coefficient (Wildman–Crippen LogP) is 2.86. The second-order valence-corrected chi connectivity index (χ2v) is 7.17. The van der Waals surface area contributed by atoms with Crippen LogP contribution in [0.15, 0.2) is 42.7 Å². The Morgan fingerprint density at radius 2 is 2.20 bits per heavy atom. The number of carbonyl (C=O) groups excluding carboxylic acids is 1. The Bertz CT molecular complexity index is 676. The van der Waals surface area contributed by atoms with E-state index in [0.29, 0.717) is 24.8 Å². The first-order valence-electron chi connectivity index (χ1n) is 9.17. The highest BCUT2D eigenvalue weighted by atomic mass is 16.2. The van der Waals surface area contributed by atoms with Crippen LogP contribution in [0.3, 0.4) is 0 Å². The lowest BCUT2D eigenvalue weighted by atomic mass is 9.85. The Balaban J connectivity index is 1.54. The molecule has 1 aromatic carbocycles. The van der Waals surface area contributed by atoms with E-state index < -0.39 is 0 Å². The Kier molecular flexibility index (Phi) is 5.87. The largest absolute Gasteiger partial charge is 0.341 e. The van der Waals surface area contributed by atoms with Gasteiger partial charge in [-0.3, -0.25) is 4.79 Å². The van der Waals surface area contributed by atoms with Gasteiger partial charge in [0.15, 0.2) is 0 Å². The van der Waals surface area contributed by atoms with Crippen LogP contribution >= 0.6 is 0 Å². The molecular weight excluding hydrogens is 312 g/mol. The van der Waals surface area contributed by atoms with Crippen LogP contribution < -0.4 is 5.32 Å². The average Bonchev–Trinajstić information content (AvgIpc) is 3.11. The van der Waals surface area contributed by atoms with Gasteiger partial charge in [-0.15, -0.1) is 0 Å². The molecule has 25 heavy (non-hydrogen) atoms. The van der Waals surface area contributed by atoms with Crippen molar-refractivity contribution < 1.29 is 4.79 Å². The van der Waals surface area contributed by atoms with Gasteiger partial charge in [0.1, 0.15) is 0 Å². The van der Waals surface area contributed by atoms with E-state index in [-0.39, 0.29) is 5.91 Å². The third kappa shape index (κ3) is 4.69. The minimum Gasteiger partial charge on any atom is -0.341 e. The number of nitrogens with zero attached hydrogens (tertiary/aromatic N) is 3. The summed E-state index contributed by atoms with van der Waals surface area (Å²) in [6, 6.07) is 10.0. The van der Waals surface area contributed by atoms with E-state index in [4.69, 9.17) is 0 Å². The summed E-state index contributed by atoms with van der Waals surface area (Å²) >= 11 is 0. The number of rotatable bonds is 6. The van der Waals surface area contributed by atoms with Crippen LogP contribution in [0, 0.1) is 11.8 Å².